The van der Waals surface area contributed by atoms with Crippen molar-refractivity contribution in [2.24, 2.45) is 0 Å². The van der Waals surface area contributed by atoms with Crippen LogP contribution in [0.2, 0.25) is 0 Å². The summed E-state index contributed by atoms with van der Waals surface area (Å²) in [6, 6.07) is 11.0. The minimum absolute atomic E-state index is 0.143. The summed E-state index contributed by atoms with van der Waals surface area (Å²) in [4.78, 5) is 12.2. The molecule has 1 amide bonds. The highest BCUT2D eigenvalue weighted by Gasteiger charge is 2.24. The molecule has 2 N–H and O–H groups in total. The maximum Gasteiger partial charge on any atom is 0.269 e. The van der Waals surface area contributed by atoms with Crippen LogP contribution in [0.5, 0.6) is 0 Å². The van der Waals surface area contributed by atoms with E-state index < -0.39 is 5.60 Å². The summed E-state index contributed by atoms with van der Waals surface area (Å²) >= 11 is 0. The molecule has 0 aliphatic heterocycles. The molecule has 1 aromatic carbocycles. The molecule has 21 heavy (non-hydrogen) atoms. The van der Waals surface area contributed by atoms with Crippen molar-refractivity contribution in [1.29, 1.82) is 0 Å². The van der Waals surface area contributed by atoms with Crippen molar-refractivity contribution in [2.45, 2.75) is 32.9 Å². The standard InChI is InChI=1S/C16H21N3O2/c1-4-19-14(10-12(2)18-19)15(20)17-11-16(3,21)13-8-6-5-7-9-13/h5-10,21H,4,11H2,1-3H3,(H,17,20). The number of hydrogen-bond donors (Lipinski definition) is 2. The zero-order valence-electron chi connectivity index (χ0n) is 12.6. The number of benzene rings is 1. The van der Waals surface area contributed by atoms with Gasteiger partial charge in [0.15, 0.2) is 0 Å². The van der Waals surface area contributed by atoms with Crippen LogP contribution in [0.25, 0.3) is 0 Å². The summed E-state index contributed by atoms with van der Waals surface area (Å²) in [6.07, 6.45) is 0. The highest BCUT2D eigenvalue weighted by atomic mass is 16.3. The van der Waals surface area contributed by atoms with Gasteiger partial charge in [-0.15, -0.1) is 0 Å². The fourth-order valence-corrected chi connectivity index (χ4v) is 2.21. The summed E-state index contributed by atoms with van der Waals surface area (Å²) < 4.78 is 1.65. The number of carbonyl (C=O) groups is 1. The van der Waals surface area contributed by atoms with Crippen LogP contribution in [0.15, 0.2) is 36.4 Å². The van der Waals surface area contributed by atoms with Crippen LogP contribution in [-0.4, -0.2) is 27.3 Å². The van der Waals surface area contributed by atoms with E-state index in [1.165, 1.54) is 0 Å². The monoisotopic (exact) mass is 287 g/mol. The van der Waals surface area contributed by atoms with Gasteiger partial charge in [0.2, 0.25) is 0 Å². The SMILES string of the molecule is CCn1nc(C)cc1C(=O)NCC(C)(O)c1ccccc1. The van der Waals surface area contributed by atoms with Crippen LogP contribution < -0.4 is 5.32 Å². The fourth-order valence-electron chi connectivity index (χ4n) is 2.21. The lowest BCUT2D eigenvalue weighted by atomic mass is 9.96. The van der Waals surface area contributed by atoms with Gasteiger partial charge in [-0.25, -0.2) is 0 Å². The third kappa shape index (κ3) is 3.49. The van der Waals surface area contributed by atoms with Gasteiger partial charge in [-0.1, -0.05) is 30.3 Å². The summed E-state index contributed by atoms with van der Waals surface area (Å²) in [6.45, 7) is 6.24. The Morgan fingerprint density at radius 2 is 2.05 bits per heavy atom. The lowest BCUT2D eigenvalue weighted by molar-refractivity contribution is 0.0523. The number of rotatable bonds is 5. The second-order valence-electron chi connectivity index (χ2n) is 5.31. The summed E-state index contributed by atoms with van der Waals surface area (Å²) in [5, 5.41) is 17.5. The van der Waals surface area contributed by atoms with Gasteiger partial charge in [-0.3, -0.25) is 9.48 Å². The lowest BCUT2D eigenvalue weighted by Crippen LogP contribution is -2.39. The molecule has 0 bridgehead atoms. The molecule has 112 valence electrons. The van der Waals surface area contributed by atoms with Crippen molar-refractivity contribution in [2.75, 3.05) is 6.54 Å². The van der Waals surface area contributed by atoms with Crippen molar-refractivity contribution >= 4 is 5.91 Å². The van der Waals surface area contributed by atoms with Gasteiger partial charge in [-0.05, 0) is 32.4 Å². The van der Waals surface area contributed by atoms with Crippen LogP contribution in [0.3, 0.4) is 0 Å². The highest BCUT2D eigenvalue weighted by molar-refractivity contribution is 5.92. The molecule has 0 spiro atoms. The Hall–Kier alpha value is -2.14. The minimum atomic E-state index is -1.11. The number of hydrogen-bond acceptors (Lipinski definition) is 3. The Morgan fingerprint density at radius 1 is 1.38 bits per heavy atom. The van der Waals surface area contributed by atoms with Gasteiger partial charge in [0, 0.05) is 6.54 Å². The number of nitrogens with zero attached hydrogens (tertiary/aromatic N) is 2. The van der Waals surface area contributed by atoms with E-state index in [1.807, 2.05) is 44.2 Å². The first-order valence-corrected chi connectivity index (χ1v) is 7.04. The second-order valence-corrected chi connectivity index (χ2v) is 5.31. The zero-order valence-corrected chi connectivity index (χ0v) is 12.6. The minimum Gasteiger partial charge on any atom is -0.384 e. The molecular formula is C16H21N3O2. The molecule has 2 rings (SSSR count). The van der Waals surface area contributed by atoms with Crippen molar-refractivity contribution in [3.05, 3.63) is 53.3 Å². The quantitative estimate of drug-likeness (QED) is 0.882. The average molecular weight is 287 g/mol. The number of carbonyl (C=O) groups excluding carboxylic acids is 1. The highest BCUT2D eigenvalue weighted by Crippen LogP contribution is 2.19. The fraction of sp³-hybridized carbons (Fsp3) is 0.375. The molecule has 0 fully saturated rings. The Balaban J connectivity index is 2.07. The molecule has 1 aromatic heterocycles. The molecule has 0 saturated heterocycles. The summed E-state index contributed by atoms with van der Waals surface area (Å²) in [5.41, 5.74) is 0.976. The smallest absolute Gasteiger partial charge is 0.269 e. The van der Waals surface area contributed by atoms with Crippen molar-refractivity contribution in [1.82, 2.24) is 15.1 Å². The predicted molar refractivity (Wildman–Crippen MR) is 81.0 cm³/mol. The third-order valence-electron chi connectivity index (χ3n) is 3.42. The summed E-state index contributed by atoms with van der Waals surface area (Å²) in [7, 11) is 0. The van der Waals surface area contributed by atoms with E-state index in [-0.39, 0.29) is 12.5 Å². The normalized spacial score (nSPS) is 13.7. The average Bonchev–Trinajstić information content (AvgIpc) is 2.87. The number of aliphatic hydroxyl groups is 1. The number of aryl methyl sites for hydroxylation is 2. The van der Waals surface area contributed by atoms with E-state index in [0.717, 1.165) is 11.3 Å². The Kier molecular flexibility index (Phi) is 4.43. The Labute approximate surface area is 124 Å². The van der Waals surface area contributed by atoms with Crippen LogP contribution in [-0.2, 0) is 12.1 Å². The van der Waals surface area contributed by atoms with Gasteiger partial charge < -0.3 is 10.4 Å². The van der Waals surface area contributed by atoms with E-state index >= 15 is 0 Å². The van der Waals surface area contributed by atoms with Gasteiger partial charge in [0.1, 0.15) is 11.3 Å². The molecule has 1 heterocycles. The second kappa shape index (κ2) is 6.10. The topological polar surface area (TPSA) is 67.2 Å². The largest absolute Gasteiger partial charge is 0.384 e. The van der Waals surface area contributed by atoms with Crippen LogP contribution in [0.1, 0.15) is 35.6 Å². The van der Waals surface area contributed by atoms with E-state index in [1.54, 1.807) is 17.7 Å². The Morgan fingerprint density at radius 3 is 2.67 bits per heavy atom. The van der Waals surface area contributed by atoms with Crippen LogP contribution >= 0.6 is 0 Å². The van der Waals surface area contributed by atoms with Crippen molar-refractivity contribution in [3.63, 3.8) is 0 Å². The predicted octanol–water partition coefficient (Wildman–Crippen LogP) is 1.85. The first-order valence-electron chi connectivity index (χ1n) is 7.04. The van der Waals surface area contributed by atoms with Gasteiger partial charge in [0.25, 0.3) is 5.91 Å². The van der Waals surface area contributed by atoms with Gasteiger partial charge in [-0.2, -0.15) is 5.10 Å². The number of nitrogens with one attached hydrogen (secondary N) is 1. The van der Waals surface area contributed by atoms with Gasteiger partial charge >= 0.3 is 0 Å². The first-order chi connectivity index (χ1) is 9.94. The van der Waals surface area contributed by atoms with E-state index in [4.69, 9.17) is 0 Å². The molecule has 5 heteroatoms. The first kappa shape index (κ1) is 15.3. The summed E-state index contributed by atoms with van der Waals surface area (Å²) in [5.74, 6) is -0.228. The molecule has 0 radical (unpaired) electrons. The molecule has 1 unspecified atom stereocenters. The van der Waals surface area contributed by atoms with Crippen molar-refractivity contribution in [3.8, 4) is 0 Å². The zero-order chi connectivity index (χ0) is 15.5. The molecule has 1 atom stereocenters. The lowest BCUT2D eigenvalue weighted by Gasteiger charge is -2.24. The molecule has 2 aromatic rings. The Bertz CT molecular complexity index is 618. The molecule has 0 saturated carbocycles. The maximum absolute atomic E-state index is 12.2. The molecule has 5 nitrogen and oxygen atoms in total. The van der Waals surface area contributed by atoms with Crippen LogP contribution in [0, 0.1) is 6.92 Å². The maximum atomic E-state index is 12.2. The third-order valence-corrected chi connectivity index (χ3v) is 3.42. The number of amides is 1. The van der Waals surface area contributed by atoms with Crippen LogP contribution in [0.4, 0.5) is 0 Å². The van der Waals surface area contributed by atoms with E-state index in [9.17, 15) is 9.90 Å². The molecular weight excluding hydrogens is 266 g/mol. The molecule has 0 aliphatic carbocycles. The number of aromatic nitrogens is 2. The van der Waals surface area contributed by atoms with E-state index in [2.05, 4.69) is 10.4 Å². The molecule has 0 aliphatic rings. The van der Waals surface area contributed by atoms with E-state index in [0.29, 0.717) is 12.2 Å². The van der Waals surface area contributed by atoms with Crippen molar-refractivity contribution < 1.29 is 9.90 Å². The van der Waals surface area contributed by atoms with Gasteiger partial charge in [0.05, 0.1) is 12.2 Å².